The Kier molecular flexibility index (Phi) is 3.64. The molecule has 1 saturated heterocycles. The van der Waals surface area contributed by atoms with E-state index in [-0.39, 0.29) is 0 Å². The van der Waals surface area contributed by atoms with E-state index in [9.17, 15) is 0 Å². The largest absolute Gasteiger partial charge is 0.382 e. The van der Waals surface area contributed by atoms with Crippen LogP contribution >= 0.6 is 0 Å². The summed E-state index contributed by atoms with van der Waals surface area (Å²) in [5.41, 5.74) is 5.68. The number of aromatic nitrogens is 4. The Balaban J connectivity index is 1.67. The number of anilines is 3. The van der Waals surface area contributed by atoms with E-state index in [0.717, 1.165) is 37.7 Å². The lowest BCUT2D eigenvalue weighted by molar-refractivity contribution is 0.367. The van der Waals surface area contributed by atoms with Gasteiger partial charge in [0.25, 0.3) is 0 Å². The van der Waals surface area contributed by atoms with E-state index in [4.69, 9.17) is 5.73 Å². The minimum Gasteiger partial charge on any atom is -0.382 e. The van der Waals surface area contributed by atoms with Gasteiger partial charge in [-0.1, -0.05) is 0 Å². The van der Waals surface area contributed by atoms with E-state index < -0.39 is 0 Å². The topological polar surface area (TPSA) is 76.1 Å². The van der Waals surface area contributed by atoms with Crippen LogP contribution in [0.4, 0.5) is 17.6 Å². The molecule has 1 fully saturated rings. The smallest absolute Gasteiger partial charge is 0.226 e. The quantitative estimate of drug-likeness (QED) is 0.913. The van der Waals surface area contributed by atoms with Crippen LogP contribution < -0.4 is 15.5 Å². The number of rotatable bonds is 3. The van der Waals surface area contributed by atoms with Gasteiger partial charge in [0.2, 0.25) is 5.95 Å². The first-order chi connectivity index (χ1) is 10.1. The normalized spacial score (nSPS) is 16.2. The molecule has 7 nitrogen and oxygen atoms in total. The molecular weight excluding hydrogens is 266 g/mol. The van der Waals surface area contributed by atoms with Crippen molar-refractivity contribution in [1.82, 2.24) is 19.7 Å². The summed E-state index contributed by atoms with van der Waals surface area (Å²) in [7, 11) is 3.90. The summed E-state index contributed by atoms with van der Waals surface area (Å²) in [4.78, 5) is 13.1. The van der Waals surface area contributed by atoms with Crippen molar-refractivity contribution in [2.75, 3.05) is 42.7 Å². The summed E-state index contributed by atoms with van der Waals surface area (Å²) in [6.45, 7) is 1.93. The molecule has 0 aliphatic carbocycles. The Bertz CT molecular complexity index is 599. The Hall–Kier alpha value is -2.31. The lowest BCUT2D eigenvalue weighted by Crippen LogP contribution is -2.35. The minimum atomic E-state index is 0.425. The zero-order valence-electron chi connectivity index (χ0n) is 12.5. The third-order valence-corrected chi connectivity index (χ3v) is 3.82. The predicted molar refractivity (Wildman–Crippen MR) is 83.5 cm³/mol. The minimum absolute atomic E-state index is 0.425. The Morgan fingerprint density at radius 3 is 2.62 bits per heavy atom. The maximum absolute atomic E-state index is 5.68. The van der Waals surface area contributed by atoms with Crippen LogP contribution in [-0.2, 0) is 0 Å². The van der Waals surface area contributed by atoms with Crippen molar-refractivity contribution in [3.8, 4) is 0 Å². The lowest BCUT2D eigenvalue weighted by Gasteiger charge is -2.33. The van der Waals surface area contributed by atoms with Crippen molar-refractivity contribution in [2.45, 2.75) is 18.9 Å². The SMILES string of the molecule is CN(C)c1nccc(N2CCC(n3ccc(N)n3)CC2)n1. The molecule has 2 aromatic heterocycles. The highest BCUT2D eigenvalue weighted by atomic mass is 15.3. The van der Waals surface area contributed by atoms with Crippen LogP contribution in [0.25, 0.3) is 0 Å². The Morgan fingerprint density at radius 2 is 2.00 bits per heavy atom. The van der Waals surface area contributed by atoms with Gasteiger partial charge < -0.3 is 15.5 Å². The Labute approximate surface area is 124 Å². The average molecular weight is 287 g/mol. The van der Waals surface area contributed by atoms with Crippen molar-refractivity contribution in [3.05, 3.63) is 24.5 Å². The molecule has 2 N–H and O–H groups in total. The van der Waals surface area contributed by atoms with E-state index >= 15 is 0 Å². The van der Waals surface area contributed by atoms with Crippen molar-refractivity contribution in [2.24, 2.45) is 0 Å². The third-order valence-electron chi connectivity index (χ3n) is 3.82. The van der Waals surface area contributed by atoms with Gasteiger partial charge in [-0.05, 0) is 25.0 Å². The van der Waals surface area contributed by atoms with Crippen molar-refractivity contribution < 1.29 is 0 Å². The lowest BCUT2D eigenvalue weighted by atomic mass is 10.1. The van der Waals surface area contributed by atoms with Gasteiger partial charge >= 0.3 is 0 Å². The standard InChI is InChI=1S/C14H21N7/c1-19(2)14-16-7-3-13(17-14)20-8-4-11(5-9-20)21-10-6-12(15)18-21/h3,6-7,10-11H,4-5,8-9H2,1-2H3,(H2,15,18). The molecular formula is C14H21N7. The summed E-state index contributed by atoms with van der Waals surface area (Å²) >= 11 is 0. The number of nitrogens with zero attached hydrogens (tertiary/aromatic N) is 6. The van der Waals surface area contributed by atoms with Gasteiger partial charge in [-0.2, -0.15) is 10.1 Å². The van der Waals surface area contributed by atoms with Crippen LogP contribution in [0, 0.1) is 0 Å². The zero-order chi connectivity index (χ0) is 14.8. The molecule has 3 heterocycles. The summed E-state index contributed by atoms with van der Waals surface area (Å²) in [5, 5.41) is 4.31. The molecule has 0 bridgehead atoms. The highest BCUT2D eigenvalue weighted by Gasteiger charge is 2.22. The molecule has 1 aliphatic rings. The van der Waals surface area contributed by atoms with Crippen LogP contribution in [-0.4, -0.2) is 46.9 Å². The highest BCUT2D eigenvalue weighted by molar-refractivity contribution is 5.43. The van der Waals surface area contributed by atoms with Crippen molar-refractivity contribution >= 4 is 17.6 Å². The molecule has 0 unspecified atom stereocenters. The molecule has 0 spiro atoms. The van der Waals surface area contributed by atoms with E-state index in [1.54, 1.807) is 0 Å². The van der Waals surface area contributed by atoms with E-state index in [2.05, 4.69) is 20.0 Å². The number of nitrogen functional groups attached to an aromatic ring is 1. The van der Waals surface area contributed by atoms with Gasteiger partial charge in [0.05, 0.1) is 6.04 Å². The molecule has 21 heavy (non-hydrogen) atoms. The molecule has 7 heteroatoms. The fraction of sp³-hybridized carbons (Fsp3) is 0.500. The van der Waals surface area contributed by atoms with Crippen LogP contribution in [0.5, 0.6) is 0 Å². The molecule has 0 aromatic carbocycles. The second-order valence-corrected chi connectivity index (χ2v) is 5.55. The molecule has 0 atom stereocenters. The first-order valence-electron chi connectivity index (χ1n) is 7.19. The number of hydrogen-bond donors (Lipinski definition) is 1. The van der Waals surface area contributed by atoms with Gasteiger partial charge in [0, 0.05) is 39.6 Å². The van der Waals surface area contributed by atoms with Gasteiger partial charge in [-0.25, -0.2) is 4.98 Å². The van der Waals surface area contributed by atoms with Crippen LogP contribution in [0.3, 0.4) is 0 Å². The molecule has 1 aliphatic heterocycles. The van der Waals surface area contributed by atoms with E-state index in [1.807, 2.05) is 48.2 Å². The van der Waals surface area contributed by atoms with Crippen molar-refractivity contribution in [1.29, 1.82) is 0 Å². The first-order valence-corrected chi connectivity index (χ1v) is 7.19. The maximum Gasteiger partial charge on any atom is 0.226 e. The molecule has 0 amide bonds. The van der Waals surface area contributed by atoms with Crippen LogP contribution in [0.1, 0.15) is 18.9 Å². The van der Waals surface area contributed by atoms with Crippen molar-refractivity contribution in [3.63, 3.8) is 0 Å². The first kappa shape index (κ1) is 13.7. The second-order valence-electron chi connectivity index (χ2n) is 5.55. The summed E-state index contributed by atoms with van der Waals surface area (Å²) < 4.78 is 1.98. The third kappa shape index (κ3) is 2.91. The molecule has 2 aromatic rings. The predicted octanol–water partition coefficient (Wildman–Crippen LogP) is 1.16. The van der Waals surface area contributed by atoms with Gasteiger partial charge in [0.1, 0.15) is 11.6 Å². The molecule has 112 valence electrons. The summed E-state index contributed by atoms with van der Waals surface area (Å²) in [6.07, 6.45) is 5.87. The average Bonchev–Trinajstić information content (AvgIpc) is 2.94. The van der Waals surface area contributed by atoms with Crippen LogP contribution in [0.15, 0.2) is 24.5 Å². The van der Waals surface area contributed by atoms with Gasteiger partial charge in [0.15, 0.2) is 0 Å². The zero-order valence-corrected chi connectivity index (χ0v) is 12.5. The fourth-order valence-corrected chi connectivity index (χ4v) is 2.65. The van der Waals surface area contributed by atoms with Crippen LogP contribution in [0.2, 0.25) is 0 Å². The second kappa shape index (κ2) is 5.59. The van der Waals surface area contributed by atoms with E-state index in [1.165, 1.54) is 0 Å². The monoisotopic (exact) mass is 287 g/mol. The number of piperidine rings is 1. The number of hydrogen-bond acceptors (Lipinski definition) is 6. The molecule has 0 radical (unpaired) electrons. The number of nitrogens with two attached hydrogens (primary N) is 1. The van der Waals surface area contributed by atoms with Gasteiger partial charge in [-0.15, -0.1) is 0 Å². The summed E-state index contributed by atoms with van der Waals surface area (Å²) in [5.74, 6) is 2.32. The molecule has 3 rings (SSSR count). The maximum atomic E-state index is 5.68. The fourth-order valence-electron chi connectivity index (χ4n) is 2.65. The van der Waals surface area contributed by atoms with Gasteiger partial charge in [-0.3, -0.25) is 4.68 Å². The van der Waals surface area contributed by atoms with E-state index in [0.29, 0.717) is 11.9 Å². The highest BCUT2D eigenvalue weighted by Crippen LogP contribution is 2.25. The Morgan fingerprint density at radius 1 is 1.24 bits per heavy atom. The molecule has 0 saturated carbocycles. The summed E-state index contributed by atoms with van der Waals surface area (Å²) in [6, 6.07) is 4.24.